The molecule has 0 aliphatic rings. The van der Waals surface area contributed by atoms with Gasteiger partial charge in [-0.1, -0.05) is 24.6 Å². The van der Waals surface area contributed by atoms with Crippen molar-refractivity contribution < 1.29 is 5.11 Å². The molecule has 0 radical (unpaired) electrons. The molecule has 0 saturated carbocycles. The van der Waals surface area contributed by atoms with Gasteiger partial charge in [0.2, 0.25) is 0 Å². The van der Waals surface area contributed by atoms with Gasteiger partial charge in [0, 0.05) is 36.0 Å². The number of hydrogen-bond donors (Lipinski definition) is 1. The van der Waals surface area contributed by atoms with Gasteiger partial charge >= 0.3 is 0 Å². The summed E-state index contributed by atoms with van der Waals surface area (Å²) in [5.41, 5.74) is 1.26. The Morgan fingerprint density at radius 3 is 2.75 bits per heavy atom. The number of aromatic nitrogens is 2. The van der Waals surface area contributed by atoms with Crippen molar-refractivity contribution in [2.24, 2.45) is 0 Å². The molecule has 4 heteroatoms. The summed E-state index contributed by atoms with van der Waals surface area (Å²) in [5.74, 6) is 1.67. The molecule has 108 valence electrons. The number of hydrogen-bond acceptors (Lipinski definition) is 3. The molecule has 0 spiro atoms. The summed E-state index contributed by atoms with van der Waals surface area (Å²) in [6, 6.07) is 8.40. The Kier molecular flexibility index (Phi) is 5.68. The van der Waals surface area contributed by atoms with E-state index >= 15 is 0 Å². The lowest BCUT2D eigenvalue weighted by atomic mass is 10.2. The highest BCUT2D eigenvalue weighted by Crippen LogP contribution is 2.20. The Morgan fingerprint density at radius 1 is 1.30 bits per heavy atom. The molecule has 0 aliphatic heterocycles. The second kappa shape index (κ2) is 7.50. The Balaban J connectivity index is 1.84. The topological polar surface area (TPSA) is 38.0 Å². The number of imidazole rings is 1. The van der Waals surface area contributed by atoms with Gasteiger partial charge in [-0.25, -0.2) is 4.98 Å². The first-order chi connectivity index (χ1) is 9.69. The van der Waals surface area contributed by atoms with Crippen LogP contribution in [0, 0.1) is 6.92 Å². The molecule has 1 aromatic heterocycles. The Morgan fingerprint density at radius 2 is 2.05 bits per heavy atom. The molecule has 1 N–H and O–H groups in total. The number of rotatable bonds is 7. The summed E-state index contributed by atoms with van der Waals surface area (Å²) in [5, 5.41) is 10.2. The standard InChI is InChI=1S/C16H22N2OS/c1-3-9-18-10-8-17-16(18)11-14(19)12-20-15-6-4-13(2)5-7-15/h4-8,10,14,19H,3,9,11-12H2,1-2H3. The minimum Gasteiger partial charge on any atom is -0.392 e. The molecule has 1 atom stereocenters. The molecule has 0 amide bonds. The van der Waals surface area contributed by atoms with Gasteiger partial charge in [0.15, 0.2) is 0 Å². The van der Waals surface area contributed by atoms with Crippen LogP contribution in [0.2, 0.25) is 0 Å². The van der Waals surface area contributed by atoms with Gasteiger partial charge in [0.05, 0.1) is 6.10 Å². The normalized spacial score (nSPS) is 12.6. The molecule has 0 bridgehead atoms. The van der Waals surface area contributed by atoms with Crippen LogP contribution < -0.4 is 0 Å². The number of aryl methyl sites for hydroxylation is 2. The van der Waals surface area contributed by atoms with Gasteiger partial charge in [-0.2, -0.15) is 0 Å². The van der Waals surface area contributed by atoms with Crippen molar-refractivity contribution in [1.82, 2.24) is 9.55 Å². The maximum absolute atomic E-state index is 10.2. The lowest BCUT2D eigenvalue weighted by Crippen LogP contribution is -2.17. The van der Waals surface area contributed by atoms with Gasteiger partial charge in [0.25, 0.3) is 0 Å². The van der Waals surface area contributed by atoms with E-state index in [0.29, 0.717) is 12.2 Å². The molecular weight excluding hydrogens is 268 g/mol. The van der Waals surface area contributed by atoms with E-state index in [0.717, 1.165) is 18.8 Å². The monoisotopic (exact) mass is 290 g/mol. The molecule has 0 saturated heterocycles. The van der Waals surface area contributed by atoms with Crippen molar-refractivity contribution >= 4 is 11.8 Å². The van der Waals surface area contributed by atoms with E-state index in [1.165, 1.54) is 10.5 Å². The third kappa shape index (κ3) is 4.39. The van der Waals surface area contributed by atoms with Crippen molar-refractivity contribution in [1.29, 1.82) is 0 Å². The summed E-state index contributed by atoms with van der Waals surface area (Å²) in [6.45, 7) is 5.19. The first-order valence-electron chi connectivity index (χ1n) is 7.06. The zero-order valence-electron chi connectivity index (χ0n) is 12.1. The quantitative estimate of drug-likeness (QED) is 0.795. The molecule has 0 aliphatic carbocycles. The van der Waals surface area contributed by atoms with E-state index in [1.54, 1.807) is 11.8 Å². The molecular formula is C16H22N2OS. The average molecular weight is 290 g/mol. The van der Waals surface area contributed by atoms with Crippen molar-refractivity contribution in [2.45, 2.75) is 44.2 Å². The van der Waals surface area contributed by atoms with Gasteiger partial charge < -0.3 is 9.67 Å². The SMILES string of the molecule is CCCn1ccnc1CC(O)CSc1ccc(C)cc1. The number of nitrogens with zero attached hydrogens (tertiary/aromatic N) is 2. The summed E-state index contributed by atoms with van der Waals surface area (Å²) in [7, 11) is 0. The zero-order valence-corrected chi connectivity index (χ0v) is 12.9. The van der Waals surface area contributed by atoms with Gasteiger partial charge in [-0.05, 0) is 25.5 Å². The second-order valence-corrected chi connectivity index (χ2v) is 6.11. The van der Waals surface area contributed by atoms with Crippen LogP contribution in [0.5, 0.6) is 0 Å². The lowest BCUT2D eigenvalue weighted by Gasteiger charge is -2.12. The number of aliphatic hydroxyl groups is 1. The van der Waals surface area contributed by atoms with Crippen LogP contribution in [0.1, 0.15) is 24.7 Å². The van der Waals surface area contributed by atoms with Crippen molar-refractivity contribution in [2.75, 3.05) is 5.75 Å². The molecule has 0 fully saturated rings. The van der Waals surface area contributed by atoms with E-state index in [-0.39, 0.29) is 6.10 Å². The lowest BCUT2D eigenvalue weighted by molar-refractivity contribution is 0.196. The molecule has 2 aromatic rings. The van der Waals surface area contributed by atoms with Crippen LogP contribution in [0.4, 0.5) is 0 Å². The Labute approximate surface area is 125 Å². The molecule has 20 heavy (non-hydrogen) atoms. The summed E-state index contributed by atoms with van der Waals surface area (Å²) in [6.07, 6.45) is 5.13. The van der Waals surface area contributed by atoms with Crippen molar-refractivity contribution in [3.05, 3.63) is 48.0 Å². The number of benzene rings is 1. The van der Waals surface area contributed by atoms with Crippen LogP contribution in [0.15, 0.2) is 41.6 Å². The fraction of sp³-hybridized carbons (Fsp3) is 0.438. The highest BCUT2D eigenvalue weighted by atomic mass is 32.2. The summed E-state index contributed by atoms with van der Waals surface area (Å²) < 4.78 is 2.12. The first kappa shape index (κ1) is 15.1. The third-order valence-electron chi connectivity index (χ3n) is 3.15. The van der Waals surface area contributed by atoms with Crippen LogP contribution in [-0.2, 0) is 13.0 Å². The van der Waals surface area contributed by atoms with E-state index in [9.17, 15) is 5.11 Å². The largest absolute Gasteiger partial charge is 0.392 e. The van der Waals surface area contributed by atoms with Gasteiger partial charge in [-0.15, -0.1) is 11.8 Å². The minimum absolute atomic E-state index is 0.362. The van der Waals surface area contributed by atoms with Crippen LogP contribution in [-0.4, -0.2) is 26.5 Å². The van der Waals surface area contributed by atoms with Crippen molar-refractivity contribution in [3.63, 3.8) is 0 Å². The van der Waals surface area contributed by atoms with E-state index in [4.69, 9.17) is 0 Å². The highest BCUT2D eigenvalue weighted by molar-refractivity contribution is 7.99. The fourth-order valence-electron chi connectivity index (χ4n) is 2.07. The van der Waals surface area contributed by atoms with Gasteiger partial charge in [-0.3, -0.25) is 0 Å². The fourth-order valence-corrected chi connectivity index (χ4v) is 2.90. The average Bonchev–Trinajstić information content (AvgIpc) is 2.86. The van der Waals surface area contributed by atoms with Crippen LogP contribution in [0.3, 0.4) is 0 Å². The smallest absolute Gasteiger partial charge is 0.111 e. The second-order valence-electron chi connectivity index (χ2n) is 5.02. The van der Waals surface area contributed by atoms with Crippen LogP contribution in [0.25, 0.3) is 0 Å². The number of thioether (sulfide) groups is 1. The predicted octanol–water partition coefficient (Wildman–Crippen LogP) is 3.30. The maximum atomic E-state index is 10.2. The Bertz CT molecular complexity index is 522. The van der Waals surface area contributed by atoms with E-state index in [1.807, 2.05) is 12.4 Å². The zero-order chi connectivity index (χ0) is 14.4. The summed E-state index contributed by atoms with van der Waals surface area (Å²) >= 11 is 1.69. The minimum atomic E-state index is -0.362. The molecule has 2 rings (SSSR count). The molecule has 1 aromatic carbocycles. The third-order valence-corrected chi connectivity index (χ3v) is 4.30. The van der Waals surface area contributed by atoms with Gasteiger partial charge in [0.1, 0.15) is 5.82 Å². The van der Waals surface area contributed by atoms with E-state index < -0.39 is 0 Å². The highest BCUT2D eigenvalue weighted by Gasteiger charge is 2.10. The first-order valence-corrected chi connectivity index (χ1v) is 8.05. The molecule has 1 heterocycles. The maximum Gasteiger partial charge on any atom is 0.111 e. The predicted molar refractivity (Wildman–Crippen MR) is 84.1 cm³/mol. The van der Waals surface area contributed by atoms with Crippen molar-refractivity contribution in [3.8, 4) is 0 Å². The summed E-state index contributed by atoms with van der Waals surface area (Å²) in [4.78, 5) is 5.54. The Hall–Kier alpha value is -1.26. The number of aliphatic hydroxyl groups excluding tert-OH is 1. The molecule has 1 unspecified atom stereocenters. The van der Waals surface area contributed by atoms with Crippen LogP contribution >= 0.6 is 11.8 Å². The van der Waals surface area contributed by atoms with E-state index in [2.05, 4.69) is 47.7 Å². The molecule has 3 nitrogen and oxygen atoms in total.